The molecule has 0 saturated carbocycles. The van der Waals surface area contributed by atoms with Crippen LogP contribution in [0.15, 0.2) is 18.2 Å². The van der Waals surface area contributed by atoms with Gasteiger partial charge in [-0.05, 0) is 37.0 Å². The lowest BCUT2D eigenvalue weighted by molar-refractivity contribution is 0.0950. The zero-order valence-corrected chi connectivity index (χ0v) is 11.2. The van der Waals surface area contributed by atoms with Crippen LogP contribution in [0.4, 0.5) is 4.39 Å². The maximum Gasteiger partial charge on any atom is 0.255 e. The van der Waals surface area contributed by atoms with Gasteiger partial charge in [0.15, 0.2) is 0 Å². The molecule has 0 saturated heterocycles. The Balaban J connectivity index is 2.32. The molecule has 18 heavy (non-hydrogen) atoms. The third-order valence-corrected chi connectivity index (χ3v) is 3.21. The number of hydrogen-bond donors (Lipinski definition) is 2. The summed E-state index contributed by atoms with van der Waals surface area (Å²) in [5.41, 5.74) is 0.112. The second-order valence-corrected chi connectivity index (χ2v) is 4.96. The molecule has 0 aliphatic heterocycles. The highest BCUT2D eigenvalue weighted by Gasteiger charge is 2.10. The van der Waals surface area contributed by atoms with Crippen LogP contribution >= 0.6 is 11.8 Å². The summed E-state index contributed by atoms with van der Waals surface area (Å²) in [6.45, 7) is 0.573. The highest BCUT2D eigenvalue weighted by molar-refractivity contribution is 7.98. The molecule has 0 spiro atoms. The molecule has 0 aromatic heterocycles. The van der Waals surface area contributed by atoms with Crippen molar-refractivity contribution in [1.82, 2.24) is 5.32 Å². The molecule has 0 unspecified atom stereocenters. The zero-order valence-electron chi connectivity index (χ0n) is 10.4. The fraction of sp³-hybridized carbons (Fsp3) is 0.462. The van der Waals surface area contributed by atoms with E-state index in [4.69, 9.17) is 0 Å². The van der Waals surface area contributed by atoms with Crippen LogP contribution in [0, 0.1) is 5.82 Å². The number of aromatic hydroxyl groups is 1. The summed E-state index contributed by atoms with van der Waals surface area (Å²) in [4.78, 5) is 11.7. The first-order chi connectivity index (χ1) is 8.65. The van der Waals surface area contributed by atoms with Gasteiger partial charge in [-0.1, -0.05) is 6.42 Å². The van der Waals surface area contributed by atoms with E-state index in [-0.39, 0.29) is 17.2 Å². The van der Waals surface area contributed by atoms with Crippen LogP contribution in [-0.2, 0) is 0 Å². The molecule has 5 heteroatoms. The monoisotopic (exact) mass is 271 g/mol. The number of phenolic OH excluding ortho intramolecular Hbond substituents is 1. The van der Waals surface area contributed by atoms with E-state index >= 15 is 0 Å². The predicted molar refractivity (Wildman–Crippen MR) is 72.6 cm³/mol. The summed E-state index contributed by atoms with van der Waals surface area (Å²) >= 11 is 1.81. The van der Waals surface area contributed by atoms with E-state index in [9.17, 15) is 14.3 Å². The number of amides is 1. The summed E-state index contributed by atoms with van der Waals surface area (Å²) in [5, 5.41) is 12.1. The normalized spacial score (nSPS) is 10.3. The van der Waals surface area contributed by atoms with Gasteiger partial charge in [0.25, 0.3) is 5.91 Å². The smallest absolute Gasteiger partial charge is 0.255 e. The molecule has 0 heterocycles. The molecular formula is C13H18FNO2S. The summed E-state index contributed by atoms with van der Waals surface area (Å²) in [6.07, 6.45) is 5.18. The van der Waals surface area contributed by atoms with Crippen LogP contribution in [0.1, 0.15) is 29.6 Å². The van der Waals surface area contributed by atoms with Gasteiger partial charge in [0, 0.05) is 12.6 Å². The van der Waals surface area contributed by atoms with Crippen molar-refractivity contribution in [1.29, 1.82) is 0 Å². The minimum absolute atomic E-state index is 0.112. The molecule has 100 valence electrons. The maximum atomic E-state index is 12.7. The van der Waals surface area contributed by atoms with Gasteiger partial charge >= 0.3 is 0 Å². The molecule has 3 nitrogen and oxygen atoms in total. The number of thioether (sulfide) groups is 1. The molecule has 0 aliphatic rings. The van der Waals surface area contributed by atoms with Crippen LogP contribution < -0.4 is 5.32 Å². The minimum Gasteiger partial charge on any atom is -0.507 e. The maximum absolute atomic E-state index is 12.7. The summed E-state index contributed by atoms with van der Waals surface area (Å²) in [5.74, 6) is -0.111. The molecule has 1 aromatic carbocycles. The Morgan fingerprint density at radius 2 is 2.17 bits per heavy atom. The fourth-order valence-corrected chi connectivity index (χ4v) is 2.03. The average molecular weight is 271 g/mol. The van der Waals surface area contributed by atoms with Crippen molar-refractivity contribution in [3.8, 4) is 5.75 Å². The first kappa shape index (κ1) is 14.8. The van der Waals surface area contributed by atoms with Gasteiger partial charge in [-0.25, -0.2) is 4.39 Å². The van der Waals surface area contributed by atoms with E-state index < -0.39 is 5.82 Å². The number of carbonyl (C=O) groups is 1. The van der Waals surface area contributed by atoms with Crippen LogP contribution in [0.25, 0.3) is 0 Å². The summed E-state index contributed by atoms with van der Waals surface area (Å²) in [7, 11) is 0. The summed E-state index contributed by atoms with van der Waals surface area (Å²) in [6, 6.07) is 3.38. The Kier molecular flexibility index (Phi) is 6.57. The largest absolute Gasteiger partial charge is 0.507 e. The number of halogens is 1. The van der Waals surface area contributed by atoms with Crippen molar-refractivity contribution < 1.29 is 14.3 Å². The quantitative estimate of drug-likeness (QED) is 0.750. The Labute approximate surface area is 111 Å². The Hall–Kier alpha value is -1.23. The number of unbranched alkanes of at least 4 members (excludes halogenated alkanes) is 2. The van der Waals surface area contributed by atoms with E-state index in [1.165, 1.54) is 6.07 Å². The van der Waals surface area contributed by atoms with Crippen molar-refractivity contribution in [2.24, 2.45) is 0 Å². The predicted octanol–water partition coefficient (Wildman–Crippen LogP) is 2.79. The molecule has 1 aromatic rings. The number of hydrogen-bond acceptors (Lipinski definition) is 3. The third-order valence-electron chi connectivity index (χ3n) is 2.52. The number of nitrogens with one attached hydrogen (secondary N) is 1. The van der Waals surface area contributed by atoms with E-state index in [2.05, 4.69) is 11.6 Å². The van der Waals surface area contributed by atoms with Crippen molar-refractivity contribution in [2.45, 2.75) is 19.3 Å². The first-order valence-electron chi connectivity index (χ1n) is 5.91. The van der Waals surface area contributed by atoms with Gasteiger partial charge in [-0.3, -0.25) is 4.79 Å². The molecule has 2 N–H and O–H groups in total. The van der Waals surface area contributed by atoms with E-state index in [0.29, 0.717) is 6.54 Å². The molecule has 0 radical (unpaired) electrons. The Morgan fingerprint density at radius 3 is 2.83 bits per heavy atom. The highest BCUT2D eigenvalue weighted by atomic mass is 32.2. The molecular weight excluding hydrogens is 253 g/mol. The van der Waals surface area contributed by atoms with Gasteiger partial charge < -0.3 is 10.4 Å². The van der Waals surface area contributed by atoms with Gasteiger partial charge in [-0.15, -0.1) is 0 Å². The second kappa shape index (κ2) is 7.97. The van der Waals surface area contributed by atoms with Crippen molar-refractivity contribution in [2.75, 3.05) is 18.6 Å². The zero-order chi connectivity index (χ0) is 13.4. The van der Waals surface area contributed by atoms with Crippen molar-refractivity contribution in [3.63, 3.8) is 0 Å². The summed E-state index contributed by atoms with van der Waals surface area (Å²) < 4.78 is 12.7. The Bertz CT molecular complexity index is 399. The standard InChI is InChI=1S/C13H18FNO2S/c1-18-8-4-2-3-7-15-13(17)11-6-5-10(14)9-12(11)16/h5-6,9,16H,2-4,7-8H2,1H3,(H,15,17). The van der Waals surface area contributed by atoms with E-state index in [1.54, 1.807) is 0 Å². The van der Waals surface area contributed by atoms with E-state index in [1.807, 2.05) is 11.8 Å². The molecule has 1 rings (SSSR count). The Morgan fingerprint density at radius 1 is 1.39 bits per heavy atom. The van der Waals surface area contributed by atoms with Crippen molar-refractivity contribution in [3.05, 3.63) is 29.6 Å². The SMILES string of the molecule is CSCCCCCNC(=O)c1ccc(F)cc1O. The molecule has 0 atom stereocenters. The molecule has 0 bridgehead atoms. The van der Waals surface area contributed by atoms with Gasteiger partial charge in [0.2, 0.25) is 0 Å². The molecule has 0 aliphatic carbocycles. The second-order valence-electron chi connectivity index (χ2n) is 3.97. The lowest BCUT2D eigenvalue weighted by atomic mass is 10.2. The highest BCUT2D eigenvalue weighted by Crippen LogP contribution is 2.17. The van der Waals surface area contributed by atoms with Crippen LogP contribution in [0.2, 0.25) is 0 Å². The van der Waals surface area contributed by atoms with Gasteiger partial charge in [-0.2, -0.15) is 11.8 Å². The van der Waals surface area contributed by atoms with Gasteiger partial charge in [0.1, 0.15) is 11.6 Å². The van der Waals surface area contributed by atoms with Crippen LogP contribution in [-0.4, -0.2) is 29.6 Å². The van der Waals surface area contributed by atoms with Crippen LogP contribution in [0.5, 0.6) is 5.75 Å². The van der Waals surface area contributed by atoms with Crippen molar-refractivity contribution >= 4 is 17.7 Å². The first-order valence-corrected chi connectivity index (χ1v) is 7.30. The number of phenols is 1. The lowest BCUT2D eigenvalue weighted by Crippen LogP contribution is -2.24. The number of carbonyl (C=O) groups excluding carboxylic acids is 1. The third kappa shape index (κ3) is 4.96. The molecule has 1 amide bonds. The van der Waals surface area contributed by atoms with Gasteiger partial charge in [0.05, 0.1) is 5.56 Å². The van der Waals surface area contributed by atoms with E-state index in [0.717, 1.165) is 37.1 Å². The number of benzene rings is 1. The topological polar surface area (TPSA) is 49.3 Å². The average Bonchev–Trinajstić information content (AvgIpc) is 2.33. The molecule has 0 fully saturated rings. The fourth-order valence-electron chi connectivity index (χ4n) is 1.54. The van der Waals surface area contributed by atoms with Crippen LogP contribution in [0.3, 0.4) is 0 Å². The minimum atomic E-state index is -0.555. The lowest BCUT2D eigenvalue weighted by Gasteiger charge is -2.06. The number of rotatable bonds is 7.